The van der Waals surface area contributed by atoms with Gasteiger partial charge >= 0.3 is 0 Å². The van der Waals surface area contributed by atoms with Gasteiger partial charge in [0.2, 0.25) is 0 Å². The van der Waals surface area contributed by atoms with Crippen LogP contribution < -0.4 is 5.43 Å². The molecule has 0 saturated carbocycles. The van der Waals surface area contributed by atoms with Gasteiger partial charge in [-0.25, -0.2) is 5.01 Å². The van der Waals surface area contributed by atoms with Crippen LogP contribution in [0.2, 0.25) is 0 Å². The van der Waals surface area contributed by atoms with Crippen molar-refractivity contribution < 1.29 is 9.59 Å². The number of nitrogens with one attached hydrogen (secondary N) is 1. The van der Waals surface area contributed by atoms with Crippen LogP contribution in [-0.4, -0.2) is 21.5 Å². The number of hydrazine groups is 1. The summed E-state index contributed by atoms with van der Waals surface area (Å²) in [4.78, 5) is 23.7. The maximum Gasteiger partial charge on any atom is 0.285 e. The Kier molecular flexibility index (Phi) is 4.55. The standard InChI is InChI=1S/C17H12N2O2S2/c20-11-13-8-6-12(7-9-13)10-15-16(21)19(17(22)23-15)18-14-4-2-1-3-5-14/h1-11,18H/b15-10+. The summed E-state index contributed by atoms with van der Waals surface area (Å²) in [6.45, 7) is 0. The van der Waals surface area contributed by atoms with Crippen LogP contribution in [-0.2, 0) is 4.79 Å². The van der Waals surface area contributed by atoms with Crippen molar-refractivity contribution in [3.05, 3.63) is 70.6 Å². The van der Waals surface area contributed by atoms with Crippen LogP contribution in [0.3, 0.4) is 0 Å². The van der Waals surface area contributed by atoms with Crippen molar-refractivity contribution in [2.75, 3.05) is 5.43 Å². The molecule has 6 heteroatoms. The summed E-state index contributed by atoms with van der Waals surface area (Å²) in [6.07, 6.45) is 2.55. The highest BCUT2D eigenvalue weighted by Crippen LogP contribution is 2.32. The first-order valence-corrected chi connectivity index (χ1v) is 8.05. The van der Waals surface area contributed by atoms with Crippen molar-refractivity contribution in [3.8, 4) is 0 Å². The Balaban J connectivity index is 1.79. The van der Waals surface area contributed by atoms with Crippen molar-refractivity contribution in [2.24, 2.45) is 0 Å². The number of aldehydes is 1. The lowest BCUT2D eigenvalue weighted by Gasteiger charge is -2.16. The Morgan fingerprint density at radius 3 is 2.30 bits per heavy atom. The number of amides is 1. The third-order valence-electron chi connectivity index (χ3n) is 3.18. The molecule has 0 atom stereocenters. The summed E-state index contributed by atoms with van der Waals surface area (Å²) in [6, 6.07) is 16.4. The number of hydrogen-bond acceptors (Lipinski definition) is 5. The fourth-order valence-electron chi connectivity index (χ4n) is 2.03. The Hall–Kier alpha value is -2.44. The Morgan fingerprint density at radius 1 is 1.00 bits per heavy atom. The molecule has 1 fully saturated rings. The van der Waals surface area contributed by atoms with Gasteiger partial charge in [-0.3, -0.25) is 15.0 Å². The van der Waals surface area contributed by atoms with Gasteiger partial charge in [0.25, 0.3) is 5.91 Å². The molecule has 3 rings (SSSR count). The lowest BCUT2D eigenvalue weighted by atomic mass is 10.1. The molecule has 1 amide bonds. The first kappa shape index (κ1) is 15.5. The normalized spacial score (nSPS) is 16.0. The molecule has 4 nitrogen and oxygen atoms in total. The molecule has 23 heavy (non-hydrogen) atoms. The van der Waals surface area contributed by atoms with Crippen LogP contribution in [0.25, 0.3) is 6.08 Å². The van der Waals surface area contributed by atoms with Gasteiger partial charge in [0.1, 0.15) is 6.29 Å². The zero-order valence-corrected chi connectivity index (χ0v) is 13.6. The lowest BCUT2D eigenvalue weighted by Crippen LogP contribution is -2.33. The predicted octanol–water partition coefficient (Wildman–Crippen LogP) is 3.73. The number of thioether (sulfide) groups is 1. The molecule has 0 spiro atoms. The van der Waals surface area contributed by atoms with E-state index in [4.69, 9.17) is 12.2 Å². The maximum atomic E-state index is 12.5. The summed E-state index contributed by atoms with van der Waals surface area (Å²) in [5.41, 5.74) is 5.24. The second-order valence-corrected chi connectivity index (χ2v) is 6.46. The average Bonchev–Trinajstić information content (AvgIpc) is 2.84. The number of nitrogens with zero attached hydrogens (tertiary/aromatic N) is 1. The fourth-order valence-corrected chi connectivity index (χ4v) is 3.21. The summed E-state index contributed by atoms with van der Waals surface area (Å²) in [5, 5.41) is 1.36. The van der Waals surface area contributed by atoms with Crippen molar-refractivity contribution in [1.82, 2.24) is 5.01 Å². The molecular weight excluding hydrogens is 328 g/mol. The van der Waals surface area contributed by atoms with E-state index in [9.17, 15) is 9.59 Å². The number of benzene rings is 2. The van der Waals surface area contributed by atoms with Gasteiger partial charge < -0.3 is 0 Å². The minimum absolute atomic E-state index is 0.191. The first-order chi connectivity index (χ1) is 11.2. The summed E-state index contributed by atoms with van der Waals surface area (Å²) < 4.78 is 0.453. The van der Waals surface area contributed by atoms with Gasteiger partial charge in [0, 0.05) is 5.56 Å². The highest BCUT2D eigenvalue weighted by molar-refractivity contribution is 8.26. The van der Waals surface area contributed by atoms with Gasteiger partial charge in [0.15, 0.2) is 4.32 Å². The number of hydrogen-bond donors (Lipinski definition) is 1. The Morgan fingerprint density at radius 2 is 1.65 bits per heavy atom. The number of carbonyl (C=O) groups excluding carboxylic acids is 2. The fraction of sp³-hybridized carbons (Fsp3) is 0. The van der Waals surface area contributed by atoms with Gasteiger partial charge in [0.05, 0.1) is 10.6 Å². The molecule has 0 aliphatic carbocycles. The highest BCUT2D eigenvalue weighted by atomic mass is 32.2. The molecule has 114 valence electrons. The number of anilines is 1. The second kappa shape index (κ2) is 6.76. The van der Waals surface area contributed by atoms with E-state index < -0.39 is 0 Å². The minimum atomic E-state index is -0.191. The SMILES string of the molecule is O=Cc1ccc(/C=C2/SC(=S)N(Nc3ccccc3)C2=O)cc1. The van der Waals surface area contributed by atoms with Crippen LogP contribution in [0.1, 0.15) is 15.9 Å². The summed E-state index contributed by atoms with van der Waals surface area (Å²) in [5.74, 6) is -0.191. The van der Waals surface area contributed by atoms with E-state index in [1.807, 2.05) is 30.3 Å². The van der Waals surface area contributed by atoms with Crippen LogP contribution in [0.15, 0.2) is 59.5 Å². The van der Waals surface area contributed by atoms with Crippen LogP contribution in [0.4, 0.5) is 5.69 Å². The Labute approximate surface area is 143 Å². The van der Waals surface area contributed by atoms with E-state index in [0.717, 1.165) is 17.5 Å². The maximum absolute atomic E-state index is 12.5. The van der Waals surface area contributed by atoms with Gasteiger partial charge in [-0.05, 0) is 36.0 Å². The van der Waals surface area contributed by atoms with E-state index >= 15 is 0 Å². The van der Waals surface area contributed by atoms with E-state index in [1.165, 1.54) is 16.8 Å². The van der Waals surface area contributed by atoms with E-state index in [1.54, 1.807) is 30.3 Å². The van der Waals surface area contributed by atoms with E-state index in [2.05, 4.69) is 5.43 Å². The monoisotopic (exact) mass is 340 g/mol. The molecule has 0 aromatic heterocycles. The molecular formula is C17H12N2O2S2. The Bertz CT molecular complexity index is 786. The molecule has 0 bridgehead atoms. The van der Waals surface area contributed by atoms with Crippen molar-refractivity contribution >= 4 is 52.3 Å². The van der Waals surface area contributed by atoms with Crippen LogP contribution in [0, 0.1) is 0 Å². The van der Waals surface area contributed by atoms with Crippen LogP contribution in [0.5, 0.6) is 0 Å². The number of rotatable bonds is 4. The molecule has 2 aromatic rings. The topological polar surface area (TPSA) is 49.4 Å². The number of carbonyl (C=O) groups is 2. The van der Waals surface area contributed by atoms with E-state index in [-0.39, 0.29) is 5.91 Å². The minimum Gasteiger partial charge on any atom is -0.298 e. The quantitative estimate of drug-likeness (QED) is 0.522. The zero-order valence-electron chi connectivity index (χ0n) is 11.9. The molecule has 1 heterocycles. The molecule has 1 aliphatic heterocycles. The summed E-state index contributed by atoms with van der Waals surface area (Å²) in [7, 11) is 0. The lowest BCUT2D eigenvalue weighted by molar-refractivity contribution is -0.121. The molecule has 1 aliphatic rings. The van der Waals surface area contributed by atoms with Crippen LogP contribution >= 0.6 is 24.0 Å². The molecule has 0 unspecified atom stereocenters. The summed E-state index contributed by atoms with van der Waals surface area (Å²) >= 11 is 6.51. The smallest absolute Gasteiger partial charge is 0.285 e. The van der Waals surface area contributed by atoms with E-state index in [0.29, 0.717) is 14.8 Å². The predicted molar refractivity (Wildman–Crippen MR) is 96.9 cm³/mol. The molecule has 2 aromatic carbocycles. The van der Waals surface area contributed by atoms with Gasteiger partial charge in [-0.15, -0.1) is 0 Å². The molecule has 0 radical (unpaired) electrons. The average molecular weight is 340 g/mol. The van der Waals surface area contributed by atoms with Crippen molar-refractivity contribution in [3.63, 3.8) is 0 Å². The number of thiocarbonyl (C=S) groups is 1. The number of para-hydroxylation sites is 1. The first-order valence-electron chi connectivity index (χ1n) is 6.82. The zero-order chi connectivity index (χ0) is 16.2. The largest absolute Gasteiger partial charge is 0.298 e. The molecule has 1 N–H and O–H groups in total. The third kappa shape index (κ3) is 3.49. The highest BCUT2D eigenvalue weighted by Gasteiger charge is 2.32. The molecule has 1 saturated heterocycles. The van der Waals surface area contributed by atoms with Crippen molar-refractivity contribution in [2.45, 2.75) is 0 Å². The van der Waals surface area contributed by atoms with Gasteiger partial charge in [-0.1, -0.05) is 54.2 Å². The van der Waals surface area contributed by atoms with Gasteiger partial charge in [-0.2, -0.15) is 0 Å². The van der Waals surface area contributed by atoms with Crippen molar-refractivity contribution in [1.29, 1.82) is 0 Å². The third-order valence-corrected chi connectivity index (χ3v) is 4.48. The second-order valence-electron chi connectivity index (χ2n) is 4.78.